The molecule has 5 nitrogen and oxygen atoms in total. The third kappa shape index (κ3) is 7.03. The molecule has 0 radical (unpaired) electrons. The highest BCUT2D eigenvalue weighted by Crippen LogP contribution is 2.28. The molecule has 0 bridgehead atoms. The van der Waals surface area contributed by atoms with Crippen molar-refractivity contribution in [1.29, 1.82) is 0 Å². The summed E-state index contributed by atoms with van der Waals surface area (Å²) < 4.78 is 6.39. The highest BCUT2D eigenvalue weighted by Gasteiger charge is 2.28. The van der Waals surface area contributed by atoms with E-state index in [1.807, 2.05) is 45.0 Å². The first kappa shape index (κ1) is 24.2. The Hall–Kier alpha value is -2.05. The van der Waals surface area contributed by atoms with E-state index in [0.717, 1.165) is 17.5 Å². The van der Waals surface area contributed by atoms with Crippen LogP contribution in [0.1, 0.15) is 37.8 Å². The second-order valence-electron chi connectivity index (χ2n) is 7.09. The lowest BCUT2D eigenvalue weighted by Crippen LogP contribution is -2.50. The molecule has 0 saturated heterocycles. The van der Waals surface area contributed by atoms with Crippen LogP contribution in [0, 0.1) is 6.92 Å². The Kier molecular flexibility index (Phi) is 9.66. The lowest BCUT2D eigenvalue weighted by molar-refractivity contribution is -0.143. The van der Waals surface area contributed by atoms with Gasteiger partial charge in [0.05, 0.1) is 4.47 Å². The minimum absolute atomic E-state index is 0.145. The summed E-state index contributed by atoms with van der Waals surface area (Å²) in [5, 5.41) is 3.48. The van der Waals surface area contributed by atoms with Gasteiger partial charge < -0.3 is 15.0 Å². The molecule has 30 heavy (non-hydrogen) atoms. The van der Waals surface area contributed by atoms with Gasteiger partial charge in [-0.25, -0.2) is 0 Å². The second-order valence-corrected chi connectivity index (χ2v) is 8.38. The minimum Gasteiger partial charge on any atom is -0.483 e. The van der Waals surface area contributed by atoms with Gasteiger partial charge in [-0.3, -0.25) is 9.59 Å². The van der Waals surface area contributed by atoms with Gasteiger partial charge in [-0.15, -0.1) is 0 Å². The van der Waals surface area contributed by atoms with Gasteiger partial charge in [0, 0.05) is 18.1 Å². The van der Waals surface area contributed by atoms with Crippen LogP contribution < -0.4 is 10.1 Å². The molecule has 0 spiro atoms. The molecule has 2 aromatic rings. The van der Waals surface area contributed by atoms with E-state index in [2.05, 4.69) is 21.2 Å². The summed E-state index contributed by atoms with van der Waals surface area (Å²) in [6, 6.07) is 12.5. The number of benzene rings is 2. The maximum Gasteiger partial charge on any atom is 0.261 e. The van der Waals surface area contributed by atoms with Crippen LogP contribution in [0.5, 0.6) is 5.75 Å². The fourth-order valence-electron chi connectivity index (χ4n) is 3.11. The molecular weight excluding hydrogens is 468 g/mol. The zero-order valence-electron chi connectivity index (χ0n) is 17.6. The molecule has 0 aliphatic rings. The first-order chi connectivity index (χ1) is 14.3. The number of ether oxygens (including phenoxy) is 1. The van der Waals surface area contributed by atoms with Gasteiger partial charge in [-0.05, 0) is 59.5 Å². The molecule has 0 aliphatic heterocycles. The van der Waals surface area contributed by atoms with Gasteiger partial charge in [-0.1, -0.05) is 55.3 Å². The van der Waals surface area contributed by atoms with Gasteiger partial charge in [-0.2, -0.15) is 0 Å². The van der Waals surface area contributed by atoms with Gasteiger partial charge in [0.25, 0.3) is 5.91 Å². The third-order valence-corrected chi connectivity index (χ3v) is 5.47. The van der Waals surface area contributed by atoms with Crippen molar-refractivity contribution >= 4 is 39.3 Å². The normalized spacial score (nSPS) is 11.6. The molecule has 0 aromatic heterocycles. The number of aryl methyl sites for hydroxylation is 1. The van der Waals surface area contributed by atoms with Crippen LogP contribution in [0.25, 0.3) is 0 Å². The number of halogens is 2. The van der Waals surface area contributed by atoms with Crippen molar-refractivity contribution in [3.8, 4) is 5.75 Å². The van der Waals surface area contributed by atoms with Crippen molar-refractivity contribution in [2.45, 2.75) is 46.2 Å². The van der Waals surface area contributed by atoms with E-state index in [1.54, 1.807) is 23.1 Å². The Morgan fingerprint density at radius 3 is 2.60 bits per heavy atom. The highest BCUT2D eigenvalue weighted by atomic mass is 79.9. The van der Waals surface area contributed by atoms with E-state index in [1.165, 1.54) is 0 Å². The number of nitrogens with one attached hydrogen (secondary N) is 1. The first-order valence-corrected chi connectivity index (χ1v) is 11.2. The minimum atomic E-state index is -0.568. The highest BCUT2D eigenvalue weighted by molar-refractivity contribution is 9.10. The molecule has 2 aromatic carbocycles. The molecule has 7 heteroatoms. The zero-order chi connectivity index (χ0) is 22.1. The number of carbonyl (C=O) groups is 2. The van der Waals surface area contributed by atoms with Crippen LogP contribution in [0.15, 0.2) is 46.9 Å². The van der Waals surface area contributed by atoms with Gasteiger partial charge in [0.2, 0.25) is 5.91 Å². The summed E-state index contributed by atoms with van der Waals surface area (Å²) in [4.78, 5) is 27.5. The zero-order valence-corrected chi connectivity index (χ0v) is 19.9. The van der Waals surface area contributed by atoms with Crippen molar-refractivity contribution in [2.24, 2.45) is 0 Å². The van der Waals surface area contributed by atoms with Gasteiger partial charge >= 0.3 is 0 Å². The van der Waals surface area contributed by atoms with Crippen molar-refractivity contribution < 1.29 is 14.3 Å². The van der Waals surface area contributed by atoms with Crippen LogP contribution in [-0.2, 0) is 16.1 Å². The molecule has 2 rings (SSSR count). The Bertz CT molecular complexity index is 875. The predicted molar refractivity (Wildman–Crippen MR) is 124 cm³/mol. The summed E-state index contributed by atoms with van der Waals surface area (Å²) >= 11 is 9.36. The third-order valence-electron chi connectivity index (χ3n) is 4.62. The maximum absolute atomic E-state index is 13.1. The molecule has 0 aliphatic carbocycles. The van der Waals surface area contributed by atoms with E-state index in [4.69, 9.17) is 16.3 Å². The summed E-state index contributed by atoms with van der Waals surface area (Å²) in [5.41, 5.74) is 2.07. The van der Waals surface area contributed by atoms with Gasteiger partial charge in [0.1, 0.15) is 11.8 Å². The summed E-state index contributed by atoms with van der Waals surface area (Å²) in [6.07, 6.45) is 1.35. The van der Waals surface area contributed by atoms with E-state index in [0.29, 0.717) is 34.8 Å². The Morgan fingerprint density at radius 2 is 1.97 bits per heavy atom. The van der Waals surface area contributed by atoms with E-state index < -0.39 is 6.04 Å². The molecule has 1 unspecified atom stereocenters. The molecule has 1 atom stereocenters. The smallest absolute Gasteiger partial charge is 0.261 e. The largest absolute Gasteiger partial charge is 0.483 e. The maximum atomic E-state index is 13.1. The molecule has 1 N–H and O–H groups in total. The standard InChI is InChI=1S/C23H28BrClN2O3/c1-4-11-26-23(29)20(5-2)27(14-17-8-6-7-16(3)12-17)22(28)15-30-21-10-9-18(25)13-19(21)24/h6-10,12-13,20H,4-5,11,14-15H2,1-3H3,(H,26,29). The van der Waals surface area contributed by atoms with Crippen LogP contribution in [0.4, 0.5) is 0 Å². The average molecular weight is 496 g/mol. The monoisotopic (exact) mass is 494 g/mol. The lowest BCUT2D eigenvalue weighted by atomic mass is 10.1. The number of amides is 2. The van der Waals surface area contributed by atoms with Crippen LogP contribution in [0.3, 0.4) is 0 Å². The number of rotatable bonds is 10. The fraction of sp³-hybridized carbons (Fsp3) is 0.391. The summed E-state index contributed by atoms with van der Waals surface area (Å²) in [6.45, 7) is 6.64. The molecule has 0 fully saturated rings. The van der Waals surface area contributed by atoms with Crippen LogP contribution in [-0.4, -0.2) is 35.9 Å². The molecule has 2 amide bonds. The molecule has 0 saturated carbocycles. The van der Waals surface area contributed by atoms with Crippen molar-refractivity contribution in [3.05, 3.63) is 63.1 Å². The number of carbonyl (C=O) groups excluding carboxylic acids is 2. The Balaban J connectivity index is 2.21. The molecule has 162 valence electrons. The van der Waals surface area contributed by atoms with Crippen LogP contribution >= 0.6 is 27.5 Å². The number of hydrogen-bond acceptors (Lipinski definition) is 3. The molecular formula is C23H28BrClN2O3. The quantitative estimate of drug-likeness (QED) is 0.497. The van der Waals surface area contributed by atoms with E-state index >= 15 is 0 Å². The van der Waals surface area contributed by atoms with Gasteiger partial charge in [0.15, 0.2) is 6.61 Å². The van der Waals surface area contributed by atoms with Crippen molar-refractivity contribution in [2.75, 3.05) is 13.2 Å². The Labute approximate surface area is 191 Å². The fourth-order valence-corrected chi connectivity index (χ4v) is 3.90. The van der Waals surface area contributed by atoms with E-state index in [-0.39, 0.29) is 18.4 Å². The average Bonchev–Trinajstić information content (AvgIpc) is 2.71. The lowest BCUT2D eigenvalue weighted by Gasteiger charge is -2.30. The van der Waals surface area contributed by atoms with E-state index in [9.17, 15) is 9.59 Å². The molecule has 0 heterocycles. The van der Waals surface area contributed by atoms with Crippen LogP contribution in [0.2, 0.25) is 5.02 Å². The number of nitrogens with zero attached hydrogens (tertiary/aromatic N) is 1. The summed E-state index contributed by atoms with van der Waals surface area (Å²) in [5.74, 6) is 0.122. The van der Waals surface area contributed by atoms with Crippen molar-refractivity contribution in [3.63, 3.8) is 0 Å². The topological polar surface area (TPSA) is 58.6 Å². The second kappa shape index (κ2) is 12.0. The predicted octanol–water partition coefficient (Wildman–Crippen LogP) is 5.12. The number of hydrogen-bond donors (Lipinski definition) is 1. The summed E-state index contributed by atoms with van der Waals surface area (Å²) in [7, 11) is 0. The SMILES string of the molecule is CCCNC(=O)C(CC)N(Cc1cccc(C)c1)C(=O)COc1ccc(Cl)cc1Br. The van der Waals surface area contributed by atoms with Crippen molar-refractivity contribution in [1.82, 2.24) is 10.2 Å². The Morgan fingerprint density at radius 1 is 1.20 bits per heavy atom. The first-order valence-electron chi connectivity index (χ1n) is 10.1.